The van der Waals surface area contributed by atoms with Gasteiger partial charge in [-0.2, -0.15) is 54.0 Å². The SMILES string of the molecule is CCC[Si](OC(C)C)(OC(C)C)OC(C)C.CCC[Si](OC(C)C)(OC(C)C)OC(C)C.S.S.S.S. The molecule has 0 amide bonds. The first-order valence-corrected chi connectivity index (χ1v) is 16.6. The second kappa shape index (κ2) is 26.8. The molecule has 0 unspecified atom stereocenters. The van der Waals surface area contributed by atoms with Gasteiger partial charge in [-0.05, 0) is 83.1 Å². The summed E-state index contributed by atoms with van der Waals surface area (Å²) in [6, 6.07) is 1.78. The predicted octanol–water partition coefficient (Wildman–Crippen LogP) is 7.67. The monoisotopic (exact) mass is 632 g/mol. The molecule has 0 radical (unpaired) electrons. The molecule has 0 aromatic carbocycles. The molecule has 0 saturated carbocycles. The zero-order chi connectivity index (χ0) is 25.5. The van der Waals surface area contributed by atoms with E-state index < -0.39 is 17.6 Å². The molecule has 228 valence electrons. The summed E-state index contributed by atoms with van der Waals surface area (Å²) < 4.78 is 36.0. The highest BCUT2D eigenvalue weighted by molar-refractivity contribution is 7.59. The smallest absolute Gasteiger partial charge is 0.371 e. The van der Waals surface area contributed by atoms with E-state index in [0.29, 0.717) is 0 Å². The van der Waals surface area contributed by atoms with Gasteiger partial charge >= 0.3 is 17.6 Å². The van der Waals surface area contributed by atoms with Crippen molar-refractivity contribution in [2.75, 3.05) is 0 Å². The van der Waals surface area contributed by atoms with Crippen molar-refractivity contribution in [2.45, 2.75) is 158 Å². The van der Waals surface area contributed by atoms with Crippen molar-refractivity contribution in [3.8, 4) is 0 Å². The first-order chi connectivity index (χ1) is 14.6. The molecule has 6 nitrogen and oxygen atoms in total. The Morgan fingerprint density at radius 2 is 0.500 bits per heavy atom. The van der Waals surface area contributed by atoms with Crippen molar-refractivity contribution in [2.24, 2.45) is 0 Å². The molecule has 0 aliphatic carbocycles. The van der Waals surface area contributed by atoms with Crippen molar-refractivity contribution < 1.29 is 26.6 Å². The molecule has 36 heavy (non-hydrogen) atoms. The lowest BCUT2D eigenvalue weighted by Gasteiger charge is -2.34. The Morgan fingerprint density at radius 1 is 0.361 bits per heavy atom. The van der Waals surface area contributed by atoms with E-state index in [9.17, 15) is 0 Å². The average molecular weight is 633 g/mol. The summed E-state index contributed by atoms with van der Waals surface area (Å²) in [4.78, 5) is 0. The quantitative estimate of drug-likeness (QED) is 0.163. The van der Waals surface area contributed by atoms with Gasteiger partial charge in [0.1, 0.15) is 0 Å². The van der Waals surface area contributed by atoms with Crippen LogP contribution in [-0.2, 0) is 26.6 Å². The van der Waals surface area contributed by atoms with Crippen LogP contribution in [-0.4, -0.2) is 54.2 Å². The maximum atomic E-state index is 5.99. The fraction of sp³-hybridized carbons (Fsp3) is 1.00. The van der Waals surface area contributed by atoms with Gasteiger partial charge in [0.15, 0.2) is 0 Å². The summed E-state index contributed by atoms with van der Waals surface area (Å²) in [5, 5.41) is 0. The summed E-state index contributed by atoms with van der Waals surface area (Å²) in [7, 11) is -4.97. The minimum absolute atomic E-state index is 0. The summed E-state index contributed by atoms with van der Waals surface area (Å²) in [5.41, 5.74) is 0. The second-order valence-corrected chi connectivity index (χ2v) is 15.0. The van der Waals surface area contributed by atoms with Crippen molar-refractivity contribution in [3.63, 3.8) is 0 Å². The van der Waals surface area contributed by atoms with E-state index in [-0.39, 0.29) is 90.6 Å². The Bertz CT molecular complexity index is 367. The third-order valence-corrected chi connectivity index (χ3v) is 10.8. The van der Waals surface area contributed by atoms with Gasteiger partial charge in [-0.3, -0.25) is 0 Å². The molecule has 0 aromatic rings. The van der Waals surface area contributed by atoms with Crippen LogP contribution in [0.4, 0.5) is 0 Å². The van der Waals surface area contributed by atoms with E-state index in [1.54, 1.807) is 0 Å². The molecule has 0 atom stereocenters. The van der Waals surface area contributed by atoms with Gasteiger partial charge < -0.3 is 26.6 Å². The zero-order valence-corrected chi connectivity index (χ0v) is 31.7. The van der Waals surface area contributed by atoms with Crippen LogP contribution in [0.2, 0.25) is 12.1 Å². The van der Waals surface area contributed by atoms with Gasteiger partial charge in [-0.25, -0.2) is 0 Å². The number of rotatable bonds is 16. The number of hydrogen-bond donors (Lipinski definition) is 0. The molecule has 0 aliphatic rings. The van der Waals surface area contributed by atoms with Crippen LogP contribution in [0.3, 0.4) is 0 Å². The van der Waals surface area contributed by atoms with E-state index in [1.807, 2.05) is 83.1 Å². The van der Waals surface area contributed by atoms with Crippen molar-refractivity contribution in [1.29, 1.82) is 0 Å². The summed E-state index contributed by atoms with van der Waals surface area (Å²) in [5.74, 6) is 0. The molecule has 0 aliphatic heterocycles. The first-order valence-electron chi connectivity index (χ1n) is 12.7. The molecule has 0 spiro atoms. The van der Waals surface area contributed by atoms with Crippen molar-refractivity contribution >= 4 is 71.6 Å². The van der Waals surface area contributed by atoms with E-state index in [1.165, 1.54) is 0 Å². The van der Waals surface area contributed by atoms with Gasteiger partial charge in [0.2, 0.25) is 0 Å². The fourth-order valence-electron chi connectivity index (χ4n) is 3.29. The van der Waals surface area contributed by atoms with Gasteiger partial charge in [0.05, 0.1) is 0 Å². The van der Waals surface area contributed by atoms with Gasteiger partial charge in [-0.1, -0.05) is 26.7 Å². The molecule has 0 heterocycles. The Morgan fingerprint density at radius 3 is 0.583 bits per heavy atom. The van der Waals surface area contributed by atoms with Crippen LogP contribution in [0.1, 0.15) is 110 Å². The van der Waals surface area contributed by atoms with Crippen LogP contribution in [0.15, 0.2) is 0 Å². The molecule has 0 N–H and O–H groups in total. The topological polar surface area (TPSA) is 55.4 Å². The maximum Gasteiger partial charge on any atom is 0.501 e. The van der Waals surface area contributed by atoms with Crippen molar-refractivity contribution in [1.82, 2.24) is 0 Å². The van der Waals surface area contributed by atoms with Crippen LogP contribution in [0.25, 0.3) is 0 Å². The Hall–Kier alpha value is 1.59. The van der Waals surface area contributed by atoms with Crippen LogP contribution in [0.5, 0.6) is 0 Å². The highest BCUT2D eigenvalue weighted by atomic mass is 32.1. The zero-order valence-electron chi connectivity index (χ0n) is 25.7. The minimum Gasteiger partial charge on any atom is -0.371 e. The lowest BCUT2D eigenvalue weighted by Crippen LogP contribution is -2.50. The van der Waals surface area contributed by atoms with Gasteiger partial charge in [0, 0.05) is 48.7 Å². The predicted molar refractivity (Wildman–Crippen MR) is 181 cm³/mol. The lowest BCUT2D eigenvalue weighted by atomic mass is 10.5. The standard InChI is InChI=1S/2C12H28O3Si.4H2S/c2*1-8-9-16(13-10(2)3,14-11(4)5)15-12(6)7;;;;/h2*10-12H,8-9H2,1-7H3;4*1H2. The minimum atomic E-state index is -2.48. The van der Waals surface area contributed by atoms with E-state index in [0.717, 1.165) is 24.9 Å². The van der Waals surface area contributed by atoms with Crippen LogP contribution >= 0.6 is 54.0 Å². The molecular formula is C24H64O6S4Si2. The van der Waals surface area contributed by atoms with Crippen molar-refractivity contribution in [3.05, 3.63) is 0 Å². The normalized spacial score (nSPS) is 11.7. The van der Waals surface area contributed by atoms with E-state index >= 15 is 0 Å². The molecule has 0 aromatic heterocycles. The highest BCUT2D eigenvalue weighted by Crippen LogP contribution is 2.24. The molecule has 12 heteroatoms. The molecule has 0 fully saturated rings. The average Bonchev–Trinajstić information content (AvgIpc) is 2.50. The third-order valence-electron chi connectivity index (χ3n) is 3.60. The van der Waals surface area contributed by atoms with Gasteiger partial charge in [-0.15, -0.1) is 0 Å². The molecule has 0 bridgehead atoms. The van der Waals surface area contributed by atoms with E-state index in [2.05, 4.69) is 13.8 Å². The molecule has 0 saturated heterocycles. The summed E-state index contributed by atoms with van der Waals surface area (Å²) >= 11 is 0. The van der Waals surface area contributed by atoms with E-state index in [4.69, 9.17) is 26.6 Å². The Kier molecular flexibility index (Phi) is 37.5. The Balaban J connectivity index is -0.000000112. The summed E-state index contributed by atoms with van der Waals surface area (Å²) in [6.45, 7) is 28.7. The highest BCUT2D eigenvalue weighted by Gasteiger charge is 2.44. The first kappa shape index (κ1) is 50.4. The number of hydrogen-bond acceptors (Lipinski definition) is 6. The van der Waals surface area contributed by atoms with Crippen LogP contribution in [0, 0.1) is 0 Å². The third kappa shape index (κ3) is 27.2. The fourth-order valence-corrected chi connectivity index (χ4v) is 9.86. The summed E-state index contributed by atoms with van der Waals surface area (Å²) in [6.07, 6.45) is 2.95. The molecular weight excluding hydrogens is 569 g/mol. The second-order valence-electron chi connectivity index (χ2n) is 9.87. The largest absolute Gasteiger partial charge is 0.501 e. The maximum absolute atomic E-state index is 5.99. The Labute approximate surface area is 255 Å². The lowest BCUT2D eigenvalue weighted by molar-refractivity contribution is 0.00195. The van der Waals surface area contributed by atoms with Gasteiger partial charge in [0.25, 0.3) is 0 Å². The molecule has 0 rings (SSSR count). The van der Waals surface area contributed by atoms with Crippen LogP contribution < -0.4 is 0 Å².